The molecule has 0 aromatic heterocycles. The average molecular weight is 190 g/mol. The van der Waals surface area contributed by atoms with Crippen molar-refractivity contribution in [1.29, 1.82) is 0 Å². The number of allylic oxidation sites excluding steroid dienone is 1. The first-order chi connectivity index (χ1) is 6.74. The molecule has 70 valence electrons. The minimum atomic E-state index is -0.701. The van der Waals surface area contributed by atoms with Crippen LogP contribution in [0.3, 0.4) is 0 Å². The Morgan fingerprint density at radius 3 is 2.86 bits per heavy atom. The molecule has 0 bridgehead atoms. The van der Waals surface area contributed by atoms with Gasteiger partial charge >= 0.3 is 5.97 Å². The van der Waals surface area contributed by atoms with Crippen molar-refractivity contribution in [3.05, 3.63) is 42.2 Å². The third-order valence-corrected chi connectivity index (χ3v) is 1.36. The van der Waals surface area contributed by atoms with Gasteiger partial charge in [0, 0.05) is 6.08 Å². The number of carbonyl (C=O) groups excluding carboxylic acids is 1. The van der Waals surface area contributed by atoms with Crippen LogP contribution < -0.4 is 4.74 Å². The van der Waals surface area contributed by atoms with Crippen molar-refractivity contribution < 1.29 is 13.9 Å². The molecule has 14 heavy (non-hydrogen) atoms. The largest absolute Gasteiger partial charge is 0.420 e. The fourth-order valence-corrected chi connectivity index (χ4v) is 0.786. The third-order valence-electron chi connectivity index (χ3n) is 1.36. The Kier molecular flexibility index (Phi) is 3.45. The van der Waals surface area contributed by atoms with Crippen LogP contribution in [0.2, 0.25) is 0 Å². The summed E-state index contributed by atoms with van der Waals surface area (Å²) >= 11 is 0. The molecular formula is C11H7FO2. The van der Waals surface area contributed by atoms with E-state index in [4.69, 9.17) is 6.42 Å². The number of para-hydroxylation sites is 1. The van der Waals surface area contributed by atoms with Gasteiger partial charge in [0.15, 0.2) is 11.6 Å². The van der Waals surface area contributed by atoms with Gasteiger partial charge in [-0.1, -0.05) is 18.1 Å². The minimum Gasteiger partial charge on any atom is -0.420 e. The number of hydrogen-bond donors (Lipinski definition) is 0. The molecule has 2 nitrogen and oxygen atoms in total. The second kappa shape index (κ2) is 4.83. The van der Waals surface area contributed by atoms with Crippen LogP contribution in [0.15, 0.2) is 36.4 Å². The normalized spacial score (nSPS) is 9.71. The lowest BCUT2D eigenvalue weighted by Crippen LogP contribution is -2.04. The summed E-state index contributed by atoms with van der Waals surface area (Å²) in [7, 11) is 0. The number of ether oxygens (including phenoxy) is 1. The summed E-state index contributed by atoms with van der Waals surface area (Å²) < 4.78 is 17.6. The maximum atomic E-state index is 12.9. The molecule has 3 heteroatoms. The topological polar surface area (TPSA) is 26.3 Å². The zero-order chi connectivity index (χ0) is 10.4. The van der Waals surface area contributed by atoms with Crippen molar-refractivity contribution >= 4 is 5.97 Å². The van der Waals surface area contributed by atoms with E-state index >= 15 is 0 Å². The van der Waals surface area contributed by atoms with E-state index in [1.165, 1.54) is 24.3 Å². The van der Waals surface area contributed by atoms with Crippen molar-refractivity contribution in [1.82, 2.24) is 0 Å². The van der Waals surface area contributed by atoms with Crippen LogP contribution in [-0.2, 0) is 4.79 Å². The molecule has 0 atom stereocenters. The maximum Gasteiger partial charge on any atom is 0.336 e. The molecule has 0 saturated carbocycles. The van der Waals surface area contributed by atoms with E-state index in [0.717, 1.165) is 6.08 Å². The van der Waals surface area contributed by atoms with Gasteiger partial charge in [-0.15, -0.1) is 6.42 Å². The second-order valence-electron chi connectivity index (χ2n) is 2.35. The molecule has 0 amide bonds. The van der Waals surface area contributed by atoms with Crippen LogP contribution in [0.1, 0.15) is 0 Å². The minimum absolute atomic E-state index is 0.112. The van der Waals surface area contributed by atoms with Crippen molar-refractivity contribution in [3.63, 3.8) is 0 Å². The number of esters is 1. The summed E-state index contributed by atoms with van der Waals surface area (Å²) in [6.07, 6.45) is 7.11. The number of rotatable bonds is 2. The quantitative estimate of drug-likeness (QED) is 0.308. The summed E-state index contributed by atoms with van der Waals surface area (Å²) in [5, 5.41) is 0. The highest BCUT2D eigenvalue weighted by molar-refractivity contribution is 5.84. The van der Waals surface area contributed by atoms with E-state index < -0.39 is 11.8 Å². The first-order valence-electron chi connectivity index (χ1n) is 3.83. The molecule has 0 heterocycles. The average Bonchev–Trinajstić information content (AvgIpc) is 2.18. The van der Waals surface area contributed by atoms with Gasteiger partial charge in [0.25, 0.3) is 0 Å². The Morgan fingerprint density at radius 1 is 1.50 bits per heavy atom. The second-order valence-corrected chi connectivity index (χ2v) is 2.35. The van der Waals surface area contributed by atoms with Crippen LogP contribution in [0.5, 0.6) is 5.75 Å². The number of terminal acetylenes is 1. The number of hydrogen-bond acceptors (Lipinski definition) is 2. The van der Waals surface area contributed by atoms with Gasteiger partial charge in [-0.05, 0) is 18.2 Å². The first kappa shape index (κ1) is 10.0. The van der Waals surface area contributed by atoms with Crippen LogP contribution in [-0.4, -0.2) is 5.97 Å². The Bertz CT molecular complexity index is 402. The van der Waals surface area contributed by atoms with E-state index in [1.807, 2.05) is 0 Å². The number of halogens is 1. The first-order valence-corrected chi connectivity index (χ1v) is 3.83. The summed E-state index contributed by atoms with van der Waals surface area (Å²) in [5.74, 6) is 0.723. The Labute approximate surface area is 81.0 Å². The molecule has 0 aliphatic rings. The van der Waals surface area contributed by atoms with Gasteiger partial charge in [0.2, 0.25) is 0 Å². The molecule has 0 radical (unpaired) electrons. The number of benzene rings is 1. The van der Waals surface area contributed by atoms with Crippen LogP contribution >= 0.6 is 0 Å². The van der Waals surface area contributed by atoms with E-state index in [-0.39, 0.29) is 5.75 Å². The Morgan fingerprint density at radius 2 is 2.21 bits per heavy atom. The van der Waals surface area contributed by atoms with Gasteiger partial charge in [-0.3, -0.25) is 0 Å². The lowest BCUT2D eigenvalue weighted by atomic mass is 10.3. The highest BCUT2D eigenvalue weighted by atomic mass is 19.1. The SMILES string of the molecule is C#C/C=C/C(=O)Oc1ccccc1F. The zero-order valence-corrected chi connectivity index (χ0v) is 7.24. The zero-order valence-electron chi connectivity index (χ0n) is 7.24. The summed E-state index contributed by atoms with van der Waals surface area (Å²) in [6.45, 7) is 0. The molecular weight excluding hydrogens is 183 g/mol. The molecule has 0 saturated heterocycles. The van der Waals surface area contributed by atoms with E-state index in [0.29, 0.717) is 0 Å². The van der Waals surface area contributed by atoms with Crippen molar-refractivity contribution in [2.24, 2.45) is 0 Å². The molecule has 0 aliphatic heterocycles. The summed E-state index contributed by atoms with van der Waals surface area (Å²) in [4.78, 5) is 11.0. The van der Waals surface area contributed by atoms with E-state index in [2.05, 4.69) is 10.7 Å². The van der Waals surface area contributed by atoms with Gasteiger partial charge < -0.3 is 4.74 Å². The van der Waals surface area contributed by atoms with Crippen LogP contribution in [0, 0.1) is 18.2 Å². The van der Waals surface area contributed by atoms with Crippen LogP contribution in [0.4, 0.5) is 4.39 Å². The highest BCUT2D eigenvalue weighted by Crippen LogP contribution is 2.15. The predicted molar refractivity (Wildman–Crippen MR) is 50.0 cm³/mol. The predicted octanol–water partition coefficient (Wildman–Crippen LogP) is 1.92. The molecule has 0 unspecified atom stereocenters. The lowest BCUT2D eigenvalue weighted by molar-refractivity contribution is -0.129. The summed E-state index contributed by atoms with van der Waals surface area (Å²) in [5.41, 5.74) is 0. The van der Waals surface area contributed by atoms with Crippen LogP contribution in [0.25, 0.3) is 0 Å². The van der Waals surface area contributed by atoms with Crippen molar-refractivity contribution in [3.8, 4) is 18.1 Å². The smallest absolute Gasteiger partial charge is 0.336 e. The molecule has 1 rings (SSSR count). The van der Waals surface area contributed by atoms with E-state index in [1.54, 1.807) is 6.07 Å². The van der Waals surface area contributed by atoms with Crippen molar-refractivity contribution in [2.45, 2.75) is 0 Å². The van der Waals surface area contributed by atoms with Crippen molar-refractivity contribution in [2.75, 3.05) is 0 Å². The molecule has 1 aromatic rings. The van der Waals surface area contributed by atoms with Gasteiger partial charge in [0.05, 0.1) is 0 Å². The standard InChI is InChI=1S/C11H7FO2/c1-2-3-8-11(13)14-10-7-5-4-6-9(10)12/h1,3-8H/b8-3+. The highest BCUT2D eigenvalue weighted by Gasteiger charge is 2.04. The molecule has 1 aromatic carbocycles. The number of carbonyl (C=O) groups is 1. The molecule has 0 aliphatic carbocycles. The fourth-order valence-electron chi connectivity index (χ4n) is 0.786. The fraction of sp³-hybridized carbons (Fsp3) is 0. The third kappa shape index (κ3) is 2.76. The Balaban J connectivity index is 2.71. The van der Waals surface area contributed by atoms with E-state index in [9.17, 15) is 9.18 Å². The maximum absolute atomic E-state index is 12.9. The lowest BCUT2D eigenvalue weighted by Gasteiger charge is -2.00. The molecule has 0 fully saturated rings. The summed E-state index contributed by atoms with van der Waals surface area (Å²) in [6, 6.07) is 5.63. The van der Waals surface area contributed by atoms with Gasteiger partial charge in [-0.2, -0.15) is 0 Å². The van der Waals surface area contributed by atoms with Gasteiger partial charge in [-0.25, -0.2) is 9.18 Å². The molecule has 0 spiro atoms. The van der Waals surface area contributed by atoms with Gasteiger partial charge in [0.1, 0.15) is 0 Å². The Hall–Kier alpha value is -2.08. The molecule has 0 N–H and O–H groups in total. The monoisotopic (exact) mass is 190 g/mol.